The molecular formula is C21H32N4OS2. The van der Waals surface area contributed by atoms with Crippen LogP contribution in [0.25, 0.3) is 10.7 Å². The van der Waals surface area contributed by atoms with E-state index in [9.17, 15) is 4.79 Å². The van der Waals surface area contributed by atoms with Crippen molar-refractivity contribution in [2.75, 3.05) is 5.75 Å². The van der Waals surface area contributed by atoms with Gasteiger partial charge in [0.15, 0.2) is 11.0 Å². The Labute approximate surface area is 176 Å². The van der Waals surface area contributed by atoms with Crippen LogP contribution in [0.2, 0.25) is 0 Å². The van der Waals surface area contributed by atoms with Gasteiger partial charge in [0.25, 0.3) is 0 Å². The van der Waals surface area contributed by atoms with Crippen molar-refractivity contribution in [1.29, 1.82) is 0 Å². The number of aryl methyl sites for hydroxylation is 1. The van der Waals surface area contributed by atoms with Crippen LogP contribution >= 0.6 is 23.1 Å². The van der Waals surface area contributed by atoms with Crippen molar-refractivity contribution in [1.82, 2.24) is 20.1 Å². The third kappa shape index (κ3) is 4.98. The number of carbonyl (C=O) groups is 1. The Morgan fingerprint density at radius 3 is 2.64 bits per heavy atom. The summed E-state index contributed by atoms with van der Waals surface area (Å²) < 4.78 is 2.01. The zero-order valence-electron chi connectivity index (χ0n) is 18.0. The lowest BCUT2D eigenvalue weighted by atomic mass is 9.72. The number of hydrogen-bond acceptors (Lipinski definition) is 5. The minimum Gasteiger partial charge on any atom is -0.351 e. The van der Waals surface area contributed by atoms with Gasteiger partial charge in [-0.3, -0.25) is 4.79 Å². The number of fused-ring (bicyclic) bond motifs is 1. The third-order valence-electron chi connectivity index (χ3n) is 5.21. The van der Waals surface area contributed by atoms with Gasteiger partial charge in [-0.15, -0.1) is 21.5 Å². The summed E-state index contributed by atoms with van der Waals surface area (Å²) in [5.74, 6) is 1.99. The van der Waals surface area contributed by atoms with Crippen molar-refractivity contribution >= 4 is 29.0 Å². The number of amides is 1. The fourth-order valence-electron chi connectivity index (χ4n) is 3.61. The zero-order chi connectivity index (χ0) is 20.7. The van der Waals surface area contributed by atoms with E-state index < -0.39 is 0 Å². The lowest BCUT2D eigenvalue weighted by molar-refractivity contribution is -0.119. The summed E-state index contributed by atoms with van der Waals surface area (Å²) in [4.78, 5) is 14.8. The van der Waals surface area contributed by atoms with E-state index in [0.717, 1.165) is 29.7 Å². The molecular weight excluding hydrogens is 388 g/mol. The van der Waals surface area contributed by atoms with Crippen LogP contribution in [-0.2, 0) is 24.7 Å². The smallest absolute Gasteiger partial charge is 0.230 e. The Hall–Kier alpha value is -1.34. The summed E-state index contributed by atoms with van der Waals surface area (Å²) in [6, 6.07) is 2.31. The number of thiophene rings is 1. The highest BCUT2D eigenvalue weighted by Crippen LogP contribution is 2.42. The fraction of sp³-hybridized carbons (Fsp3) is 0.667. The summed E-state index contributed by atoms with van der Waals surface area (Å²) in [6.07, 6.45) is 3.58. The monoisotopic (exact) mass is 420 g/mol. The first-order valence-electron chi connectivity index (χ1n) is 9.89. The maximum absolute atomic E-state index is 12.1. The van der Waals surface area contributed by atoms with Crippen LogP contribution in [0.5, 0.6) is 0 Å². The molecule has 0 fully saturated rings. The van der Waals surface area contributed by atoms with Gasteiger partial charge in [-0.05, 0) is 63.0 Å². The maximum Gasteiger partial charge on any atom is 0.230 e. The van der Waals surface area contributed by atoms with Gasteiger partial charge in [0.2, 0.25) is 5.91 Å². The van der Waals surface area contributed by atoms with Gasteiger partial charge < -0.3 is 9.88 Å². The van der Waals surface area contributed by atoms with Gasteiger partial charge in [0.05, 0.1) is 10.6 Å². The van der Waals surface area contributed by atoms with E-state index in [-0.39, 0.29) is 11.4 Å². The number of rotatable bonds is 4. The number of carbonyl (C=O) groups excluding carboxylic acids is 1. The fourth-order valence-corrected chi connectivity index (χ4v) is 5.55. The average molecular weight is 421 g/mol. The molecule has 0 bridgehead atoms. The predicted octanol–water partition coefficient (Wildman–Crippen LogP) is 4.70. The summed E-state index contributed by atoms with van der Waals surface area (Å²) >= 11 is 3.28. The Kier molecular flexibility index (Phi) is 5.97. The molecule has 7 heteroatoms. The molecule has 0 unspecified atom stereocenters. The quantitative estimate of drug-likeness (QED) is 0.728. The molecule has 0 saturated carbocycles. The van der Waals surface area contributed by atoms with Crippen LogP contribution in [0, 0.1) is 11.3 Å². The standard InChI is InChI=1S/C21H32N4OS2/c1-20(2,3)14-8-9-15-13(10-14)11-16(28-15)18-23-24-19(25(18)7)27-12-17(26)22-21(4,5)6/h11,14H,8-10,12H2,1-7H3,(H,22,26)/t14-/m1/s1. The van der Waals surface area contributed by atoms with E-state index >= 15 is 0 Å². The van der Waals surface area contributed by atoms with Crippen molar-refractivity contribution in [3.63, 3.8) is 0 Å². The van der Waals surface area contributed by atoms with E-state index in [1.54, 1.807) is 0 Å². The van der Waals surface area contributed by atoms with Crippen molar-refractivity contribution < 1.29 is 4.79 Å². The predicted molar refractivity (Wildman–Crippen MR) is 118 cm³/mol. The molecule has 0 aromatic carbocycles. The number of aromatic nitrogens is 3. The average Bonchev–Trinajstić information content (AvgIpc) is 3.12. The van der Waals surface area contributed by atoms with Crippen LogP contribution in [0.3, 0.4) is 0 Å². The molecule has 0 spiro atoms. The Morgan fingerprint density at radius 2 is 2.00 bits per heavy atom. The Bertz CT molecular complexity index is 855. The Balaban J connectivity index is 1.71. The molecule has 0 aliphatic heterocycles. The van der Waals surface area contributed by atoms with Gasteiger partial charge in [-0.1, -0.05) is 32.5 Å². The van der Waals surface area contributed by atoms with Crippen LogP contribution in [-0.4, -0.2) is 32.0 Å². The van der Waals surface area contributed by atoms with Crippen molar-refractivity contribution in [2.24, 2.45) is 18.4 Å². The van der Waals surface area contributed by atoms with Gasteiger partial charge in [-0.25, -0.2) is 0 Å². The molecule has 1 N–H and O–H groups in total. The summed E-state index contributed by atoms with van der Waals surface area (Å²) in [6.45, 7) is 13.0. The minimum absolute atomic E-state index is 0.0156. The lowest BCUT2D eigenvalue weighted by Gasteiger charge is -2.33. The van der Waals surface area contributed by atoms with Gasteiger partial charge >= 0.3 is 0 Å². The Morgan fingerprint density at radius 1 is 1.29 bits per heavy atom. The molecule has 0 saturated heterocycles. The highest BCUT2D eigenvalue weighted by atomic mass is 32.2. The van der Waals surface area contributed by atoms with Gasteiger partial charge in [0, 0.05) is 17.5 Å². The van der Waals surface area contributed by atoms with E-state index in [1.165, 1.54) is 33.5 Å². The maximum atomic E-state index is 12.1. The summed E-state index contributed by atoms with van der Waals surface area (Å²) in [7, 11) is 1.98. The first kappa shape index (κ1) is 21.4. The SMILES string of the molecule is Cn1c(SCC(=O)NC(C)(C)C)nnc1-c1cc2c(s1)CC[C@@H](C(C)(C)C)C2. The van der Waals surface area contributed by atoms with Crippen molar-refractivity contribution in [3.05, 3.63) is 16.5 Å². The zero-order valence-corrected chi connectivity index (χ0v) is 19.7. The molecule has 28 heavy (non-hydrogen) atoms. The van der Waals surface area contributed by atoms with Crippen molar-refractivity contribution in [2.45, 2.75) is 71.5 Å². The molecule has 1 atom stereocenters. The number of nitrogens with zero attached hydrogens (tertiary/aromatic N) is 3. The van der Waals surface area contributed by atoms with Gasteiger partial charge in [-0.2, -0.15) is 0 Å². The lowest BCUT2D eigenvalue weighted by Crippen LogP contribution is -2.41. The first-order chi connectivity index (χ1) is 12.9. The molecule has 0 radical (unpaired) electrons. The summed E-state index contributed by atoms with van der Waals surface area (Å²) in [5.41, 5.74) is 1.61. The molecule has 1 aliphatic rings. The van der Waals surface area contributed by atoms with Crippen LogP contribution in [0.15, 0.2) is 11.2 Å². The van der Waals surface area contributed by atoms with E-state index in [0.29, 0.717) is 11.2 Å². The second-order valence-corrected chi connectivity index (χ2v) is 11.9. The molecule has 1 amide bonds. The molecule has 2 aromatic heterocycles. The molecule has 5 nitrogen and oxygen atoms in total. The van der Waals surface area contributed by atoms with Crippen LogP contribution in [0.1, 0.15) is 58.4 Å². The molecule has 2 heterocycles. The third-order valence-corrected chi connectivity index (χ3v) is 7.46. The second-order valence-electron chi connectivity index (χ2n) is 9.82. The topological polar surface area (TPSA) is 59.8 Å². The van der Waals surface area contributed by atoms with Crippen LogP contribution < -0.4 is 5.32 Å². The summed E-state index contributed by atoms with van der Waals surface area (Å²) in [5, 5.41) is 12.5. The molecule has 3 rings (SSSR count). The van der Waals surface area contributed by atoms with E-state index in [4.69, 9.17) is 0 Å². The van der Waals surface area contributed by atoms with E-state index in [2.05, 4.69) is 42.4 Å². The van der Waals surface area contributed by atoms with Gasteiger partial charge in [0.1, 0.15) is 0 Å². The number of nitrogens with one attached hydrogen (secondary N) is 1. The highest BCUT2D eigenvalue weighted by Gasteiger charge is 2.30. The van der Waals surface area contributed by atoms with Crippen LogP contribution in [0.4, 0.5) is 0 Å². The largest absolute Gasteiger partial charge is 0.351 e. The number of thioether (sulfide) groups is 1. The minimum atomic E-state index is -0.219. The molecule has 2 aromatic rings. The molecule has 1 aliphatic carbocycles. The normalized spacial score (nSPS) is 17.5. The van der Waals surface area contributed by atoms with Crippen molar-refractivity contribution in [3.8, 4) is 10.7 Å². The first-order valence-corrected chi connectivity index (χ1v) is 11.7. The highest BCUT2D eigenvalue weighted by molar-refractivity contribution is 7.99. The van der Waals surface area contributed by atoms with E-state index in [1.807, 2.05) is 43.7 Å². The number of hydrogen-bond donors (Lipinski definition) is 1. The molecule has 154 valence electrons. The second kappa shape index (κ2) is 7.82.